The molecule has 1 N–H and O–H groups in total. The molecule has 1 amide bonds. The zero-order chi connectivity index (χ0) is 21.6. The van der Waals surface area contributed by atoms with Gasteiger partial charge in [0, 0.05) is 48.9 Å². The third-order valence-electron chi connectivity index (χ3n) is 6.08. The summed E-state index contributed by atoms with van der Waals surface area (Å²) < 4.78 is 7.41. The van der Waals surface area contributed by atoms with E-state index >= 15 is 0 Å². The molecule has 3 aromatic rings. The average Bonchev–Trinajstić information content (AvgIpc) is 3.11. The molecule has 1 saturated heterocycles. The minimum atomic E-state index is 0.102. The molecule has 0 saturated carbocycles. The maximum absolute atomic E-state index is 12.3. The molecule has 0 bridgehead atoms. The summed E-state index contributed by atoms with van der Waals surface area (Å²) in [5.41, 5.74) is 3.73. The summed E-state index contributed by atoms with van der Waals surface area (Å²) in [4.78, 5) is 14.8. The van der Waals surface area contributed by atoms with E-state index in [0.717, 1.165) is 44.0 Å². The molecule has 1 aliphatic rings. The molecule has 1 aromatic heterocycles. The molecule has 2 heterocycles. The van der Waals surface area contributed by atoms with Crippen molar-refractivity contribution in [2.45, 2.75) is 25.9 Å². The van der Waals surface area contributed by atoms with Gasteiger partial charge in [-0.25, -0.2) is 0 Å². The maximum Gasteiger partial charge on any atom is 0.223 e. The van der Waals surface area contributed by atoms with Crippen LogP contribution in [0.5, 0.6) is 0 Å². The lowest BCUT2D eigenvalue weighted by atomic mass is 9.96. The van der Waals surface area contributed by atoms with Crippen LogP contribution >= 0.6 is 11.6 Å². The number of nitrogens with one attached hydrogen (secondary N) is 1. The number of amides is 1. The van der Waals surface area contributed by atoms with Gasteiger partial charge in [-0.1, -0.05) is 41.9 Å². The first-order valence-corrected chi connectivity index (χ1v) is 11.3. The van der Waals surface area contributed by atoms with Gasteiger partial charge in [-0.3, -0.25) is 9.69 Å². The summed E-state index contributed by atoms with van der Waals surface area (Å²) >= 11 is 6.22. The zero-order valence-electron chi connectivity index (χ0n) is 18.0. The molecule has 0 unspecified atom stereocenters. The largest absolute Gasteiger partial charge is 0.383 e. The lowest BCUT2D eigenvalue weighted by molar-refractivity contribution is -0.126. The summed E-state index contributed by atoms with van der Waals surface area (Å²) in [6.07, 6.45) is 1.79. The number of hydrogen-bond donors (Lipinski definition) is 1. The Morgan fingerprint density at radius 3 is 2.68 bits per heavy atom. The standard InChI is InChI=1S/C25H30ClN3O2/c1-31-14-11-27-25(30)20-9-12-28(13-10-20)18-23-16-21-6-2-3-8-24(21)29(23)17-19-5-4-7-22(26)15-19/h2-8,15-16,20H,9-14,17-18H2,1H3,(H,27,30). The van der Waals surface area contributed by atoms with Crippen molar-refractivity contribution in [1.29, 1.82) is 0 Å². The predicted molar refractivity (Wildman–Crippen MR) is 125 cm³/mol. The molecule has 0 aliphatic carbocycles. The summed E-state index contributed by atoms with van der Waals surface area (Å²) in [5, 5.41) is 5.00. The number of rotatable bonds is 8. The van der Waals surface area contributed by atoms with Crippen LogP contribution in [0.2, 0.25) is 5.02 Å². The number of para-hydroxylation sites is 1. The monoisotopic (exact) mass is 439 g/mol. The van der Waals surface area contributed by atoms with Crippen LogP contribution in [0, 0.1) is 5.92 Å². The zero-order valence-corrected chi connectivity index (χ0v) is 18.8. The number of benzene rings is 2. The van der Waals surface area contributed by atoms with Crippen molar-refractivity contribution in [1.82, 2.24) is 14.8 Å². The molecular weight excluding hydrogens is 410 g/mol. The number of carbonyl (C=O) groups is 1. The fourth-order valence-corrected chi connectivity index (χ4v) is 4.62. The Morgan fingerprint density at radius 2 is 1.90 bits per heavy atom. The summed E-state index contributed by atoms with van der Waals surface area (Å²) in [5.74, 6) is 0.261. The Balaban J connectivity index is 1.45. The summed E-state index contributed by atoms with van der Waals surface area (Å²) in [6, 6.07) is 18.9. The summed E-state index contributed by atoms with van der Waals surface area (Å²) in [7, 11) is 1.65. The molecule has 0 radical (unpaired) electrons. The highest BCUT2D eigenvalue weighted by Crippen LogP contribution is 2.25. The van der Waals surface area contributed by atoms with Crippen molar-refractivity contribution in [3.63, 3.8) is 0 Å². The lowest BCUT2D eigenvalue weighted by Crippen LogP contribution is -2.41. The van der Waals surface area contributed by atoms with E-state index in [2.05, 4.69) is 51.2 Å². The second-order valence-corrected chi connectivity index (χ2v) is 8.68. The quantitative estimate of drug-likeness (QED) is 0.532. The van der Waals surface area contributed by atoms with Crippen LogP contribution < -0.4 is 5.32 Å². The van der Waals surface area contributed by atoms with Crippen molar-refractivity contribution >= 4 is 28.4 Å². The smallest absolute Gasteiger partial charge is 0.223 e. The Morgan fingerprint density at radius 1 is 1.10 bits per heavy atom. The molecular formula is C25H30ClN3O2. The van der Waals surface area contributed by atoms with E-state index in [1.807, 2.05) is 18.2 Å². The molecule has 31 heavy (non-hydrogen) atoms. The molecule has 5 nitrogen and oxygen atoms in total. The minimum Gasteiger partial charge on any atom is -0.383 e. The second kappa shape index (κ2) is 10.3. The molecule has 2 aromatic carbocycles. The van der Waals surface area contributed by atoms with Crippen LogP contribution in [0.25, 0.3) is 10.9 Å². The van der Waals surface area contributed by atoms with Gasteiger partial charge in [0.2, 0.25) is 5.91 Å². The molecule has 1 fully saturated rings. The second-order valence-electron chi connectivity index (χ2n) is 8.24. The third-order valence-corrected chi connectivity index (χ3v) is 6.31. The number of likely N-dealkylation sites (tertiary alicyclic amines) is 1. The maximum atomic E-state index is 12.3. The van der Waals surface area contributed by atoms with Gasteiger partial charge in [-0.05, 0) is 61.1 Å². The van der Waals surface area contributed by atoms with E-state index < -0.39 is 0 Å². The fraction of sp³-hybridized carbons (Fsp3) is 0.400. The minimum absolute atomic E-state index is 0.102. The van der Waals surface area contributed by atoms with E-state index in [1.54, 1.807) is 7.11 Å². The molecule has 0 atom stereocenters. The number of fused-ring (bicyclic) bond motifs is 1. The van der Waals surface area contributed by atoms with E-state index in [9.17, 15) is 4.79 Å². The first kappa shape index (κ1) is 21.9. The highest BCUT2D eigenvalue weighted by molar-refractivity contribution is 6.30. The fourth-order valence-electron chi connectivity index (χ4n) is 4.41. The lowest BCUT2D eigenvalue weighted by Gasteiger charge is -2.31. The van der Waals surface area contributed by atoms with Gasteiger partial charge < -0.3 is 14.6 Å². The van der Waals surface area contributed by atoms with Crippen LogP contribution in [0.4, 0.5) is 0 Å². The molecule has 6 heteroatoms. The highest BCUT2D eigenvalue weighted by Gasteiger charge is 2.25. The number of carbonyl (C=O) groups excluding carboxylic acids is 1. The van der Waals surface area contributed by atoms with E-state index in [1.165, 1.54) is 22.2 Å². The van der Waals surface area contributed by atoms with Crippen molar-refractivity contribution in [2.75, 3.05) is 33.4 Å². The Bertz CT molecular complexity index is 1020. The van der Waals surface area contributed by atoms with Crippen LogP contribution in [-0.2, 0) is 22.6 Å². The van der Waals surface area contributed by atoms with Crippen molar-refractivity contribution in [3.05, 3.63) is 70.9 Å². The molecule has 1 aliphatic heterocycles. The molecule has 164 valence electrons. The molecule has 4 rings (SSSR count). The first-order chi connectivity index (χ1) is 15.1. The first-order valence-electron chi connectivity index (χ1n) is 10.9. The van der Waals surface area contributed by atoms with E-state index in [4.69, 9.17) is 16.3 Å². The number of piperidine rings is 1. The number of halogens is 1. The van der Waals surface area contributed by atoms with Gasteiger partial charge in [0.15, 0.2) is 0 Å². The SMILES string of the molecule is COCCNC(=O)C1CCN(Cc2cc3ccccc3n2Cc2cccc(Cl)c2)CC1. The van der Waals surface area contributed by atoms with Crippen LogP contribution in [-0.4, -0.2) is 48.7 Å². The van der Waals surface area contributed by atoms with Gasteiger partial charge in [0.25, 0.3) is 0 Å². The number of hydrogen-bond acceptors (Lipinski definition) is 3. The van der Waals surface area contributed by atoms with Crippen molar-refractivity contribution in [3.8, 4) is 0 Å². The predicted octanol–water partition coefficient (Wildman–Crippen LogP) is 4.32. The normalized spacial score (nSPS) is 15.4. The number of nitrogens with zero attached hydrogens (tertiary/aromatic N) is 2. The number of methoxy groups -OCH3 is 1. The van der Waals surface area contributed by atoms with Gasteiger partial charge in [-0.2, -0.15) is 0 Å². The van der Waals surface area contributed by atoms with E-state index in [0.29, 0.717) is 13.2 Å². The third kappa shape index (κ3) is 5.48. The summed E-state index contributed by atoms with van der Waals surface area (Å²) in [6.45, 7) is 4.68. The number of aromatic nitrogens is 1. The van der Waals surface area contributed by atoms with Crippen molar-refractivity contribution < 1.29 is 9.53 Å². The van der Waals surface area contributed by atoms with Gasteiger partial charge >= 0.3 is 0 Å². The van der Waals surface area contributed by atoms with Crippen LogP contribution in [0.15, 0.2) is 54.6 Å². The number of ether oxygens (including phenoxy) is 1. The topological polar surface area (TPSA) is 46.5 Å². The van der Waals surface area contributed by atoms with Crippen molar-refractivity contribution in [2.24, 2.45) is 5.92 Å². The Labute approximate surface area is 188 Å². The molecule has 0 spiro atoms. The van der Waals surface area contributed by atoms with Gasteiger partial charge in [0.1, 0.15) is 0 Å². The Kier molecular flexibility index (Phi) is 7.28. The van der Waals surface area contributed by atoms with Gasteiger partial charge in [-0.15, -0.1) is 0 Å². The highest BCUT2D eigenvalue weighted by atomic mass is 35.5. The average molecular weight is 440 g/mol. The van der Waals surface area contributed by atoms with E-state index in [-0.39, 0.29) is 11.8 Å². The Hall–Kier alpha value is -2.34. The van der Waals surface area contributed by atoms with Crippen LogP contribution in [0.3, 0.4) is 0 Å². The van der Waals surface area contributed by atoms with Crippen LogP contribution in [0.1, 0.15) is 24.1 Å². The van der Waals surface area contributed by atoms with Gasteiger partial charge in [0.05, 0.1) is 6.61 Å².